The van der Waals surface area contributed by atoms with Crippen LogP contribution in [0.5, 0.6) is 0 Å². The number of carbonyl (C=O) groups is 1. The van der Waals surface area contributed by atoms with E-state index in [1.165, 1.54) is 30.3 Å². The monoisotopic (exact) mass is 361 g/mol. The Hall–Kier alpha value is -2.74. The lowest BCUT2D eigenvalue weighted by Crippen LogP contribution is -2.14. The fourth-order valence-corrected chi connectivity index (χ4v) is 2.66. The molecule has 0 saturated heterocycles. The molecule has 0 spiro atoms. The van der Waals surface area contributed by atoms with Crippen LogP contribution in [0.3, 0.4) is 0 Å². The van der Waals surface area contributed by atoms with Crippen LogP contribution >= 0.6 is 11.8 Å². The minimum Gasteiger partial charge on any atom is -0.411 e. The number of benzene rings is 2. The fourth-order valence-electron chi connectivity index (χ4n) is 2.09. The highest BCUT2D eigenvalue weighted by Gasteiger charge is 2.14. The highest BCUT2D eigenvalue weighted by atomic mass is 32.2. The molecule has 8 heteroatoms. The molecule has 5 nitrogen and oxygen atoms in total. The normalized spacial score (nSPS) is 10.7. The highest BCUT2D eigenvalue weighted by Crippen LogP contribution is 2.25. The summed E-state index contributed by atoms with van der Waals surface area (Å²) < 4.78 is 32.1. The second-order valence-corrected chi connectivity index (χ2v) is 6.08. The summed E-state index contributed by atoms with van der Waals surface area (Å²) in [5, 5.41) is 10.4. The topological polar surface area (TPSA) is 68.0 Å². The number of aryl methyl sites for hydroxylation is 1. The van der Waals surface area contributed by atoms with Gasteiger partial charge in [-0.3, -0.25) is 4.79 Å². The molecule has 128 valence electrons. The zero-order chi connectivity index (χ0) is 17.8. The first kappa shape index (κ1) is 17.1. The predicted molar refractivity (Wildman–Crippen MR) is 90.2 cm³/mol. The molecule has 1 N–H and O–H groups in total. The number of aromatic nitrogens is 2. The molecule has 0 saturated carbocycles. The smallest absolute Gasteiger partial charge is 0.277 e. The number of rotatable bonds is 5. The Morgan fingerprint density at radius 2 is 2.00 bits per heavy atom. The zero-order valence-electron chi connectivity index (χ0n) is 13.1. The van der Waals surface area contributed by atoms with E-state index in [1.807, 2.05) is 0 Å². The average Bonchev–Trinajstić information content (AvgIpc) is 3.05. The molecule has 0 unspecified atom stereocenters. The van der Waals surface area contributed by atoms with E-state index in [0.29, 0.717) is 11.3 Å². The Balaban J connectivity index is 1.60. The van der Waals surface area contributed by atoms with Crippen molar-refractivity contribution in [2.75, 3.05) is 11.1 Å². The van der Waals surface area contributed by atoms with Gasteiger partial charge in [-0.15, -0.1) is 10.2 Å². The molecule has 3 rings (SSSR count). The average molecular weight is 361 g/mol. The van der Waals surface area contributed by atoms with Gasteiger partial charge in [-0.05, 0) is 42.8 Å². The summed E-state index contributed by atoms with van der Waals surface area (Å²) in [6.07, 6.45) is 0. The molecule has 0 fully saturated rings. The number of amides is 1. The van der Waals surface area contributed by atoms with Gasteiger partial charge >= 0.3 is 0 Å². The van der Waals surface area contributed by atoms with Crippen LogP contribution in [-0.4, -0.2) is 21.9 Å². The van der Waals surface area contributed by atoms with E-state index in [-0.39, 0.29) is 34.2 Å². The summed E-state index contributed by atoms with van der Waals surface area (Å²) in [5.74, 6) is -1.06. The van der Waals surface area contributed by atoms with Crippen LogP contribution in [-0.2, 0) is 4.79 Å². The summed E-state index contributed by atoms with van der Waals surface area (Å²) >= 11 is 1.03. The van der Waals surface area contributed by atoms with Crippen molar-refractivity contribution < 1.29 is 18.0 Å². The lowest BCUT2D eigenvalue weighted by molar-refractivity contribution is -0.113. The number of nitrogens with zero attached hydrogens (tertiary/aromatic N) is 2. The number of hydrogen-bond acceptors (Lipinski definition) is 5. The molecule has 25 heavy (non-hydrogen) atoms. The number of carbonyl (C=O) groups excluding carboxylic acids is 1. The van der Waals surface area contributed by atoms with E-state index in [2.05, 4.69) is 15.5 Å². The Morgan fingerprint density at radius 1 is 1.20 bits per heavy atom. The van der Waals surface area contributed by atoms with Crippen molar-refractivity contribution in [2.45, 2.75) is 12.1 Å². The van der Waals surface area contributed by atoms with Crippen LogP contribution in [0, 0.1) is 18.6 Å². The van der Waals surface area contributed by atoms with E-state index < -0.39 is 5.82 Å². The number of thioether (sulfide) groups is 1. The minimum atomic E-state index is -0.466. The Bertz CT molecular complexity index is 914. The molecule has 2 aromatic carbocycles. The van der Waals surface area contributed by atoms with E-state index in [1.54, 1.807) is 19.1 Å². The van der Waals surface area contributed by atoms with Crippen molar-refractivity contribution in [1.82, 2.24) is 10.2 Å². The number of nitrogens with one attached hydrogen (secondary N) is 1. The lowest BCUT2D eigenvalue weighted by atomic mass is 10.2. The third-order valence-corrected chi connectivity index (χ3v) is 4.12. The first-order chi connectivity index (χ1) is 12.0. The Morgan fingerprint density at radius 3 is 2.76 bits per heavy atom. The van der Waals surface area contributed by atoms with Crippen molar-refractivity contribution in [3.63, 3.8) is 0 Å². The molecule has 0 aliphatic rings. The van der Waals surface area contributed by atoms with Gasteiger partial charge in [0.2, 0.25) is 5.91 Å². The number of anilines is 1. The molecular weight excluding hydrogens is 348 g/mol. The van der Waals surface area contributed by atoms with Gasteiger partial charge in [0.25, 0.3) is 11.1 Å². The SMILES string of the molecule is Cc1cc(F)ccc1NC(=O)CSc1nnc(-c2ccccc2F)o1. The summed E-state index contributed by atoms with van der Waals surface area (Å²) in [6, 6.07) is 10.2. The van der Waals surface area contributed by atoms with Crippen molar-refractivity contribution in [3.8, 4) is 11.5 Å². The Kier molecular flexibility index (Phi) is 5.08. The summed E-state index contributed by atoms with van der Waals surface area (Å²) in [4.78, 5) is 12.0. The largest absolute Gasteiger partial charge is 0.411 e. The molecule has 0 radical (unpaired) electrons. The molecule has 1 aromatic heterocycles. The first-order valence-corrected chi connectivity index (χ1v) is 8.28. The van der Waals surface area contributed by atoms with Gasteiger partial charge in [0.15, 0.2) is 0 Å². The van der Waals surface area contributed by atoms with Gasteiger partial charge in [0.1, 0.15) is 11.6 Å². The summed E-state index contributed by atoms with van der Waals surface area (Å²) in [5.41, 5.74) is 1.36. The van der Waals surface area contributed by atoms with Gasteiger partial charge in [0, 0.05) is 5.69 Å². The third kappa shape index (κ3) is 4.21. The van der Waals surface area contributed by atoms with Crippen molar-refractivity contribution in [3.05, 3.63) is 59.7 Å². The van der Waals surface area contributed by atoms with Crippen molar-refractivity contribution in [2.24, 2.45) is 0 Å². The van der Waals surface area contributed by atoms with Crippen LogP contribution < -0.4 is 5.32 Å². The van der Waals surface area contributed by atoms with E-state index in [4.69, 9.17) is 4.42 Å². The minimum absolute atomic E-state index is 0.0235. The number of hydrogen-bond donors (Lipinski definition) is 1. The molecule has 0 bridgehead atoms. The van der Waals surface area contributed by atoms with Gasteiger partial charge in [-0.1, -0.05) is 23.9 Å². The molecule has 0 atom stereocenters. The third-order valence-electron chi connectivity index (χ3n) is 3.30. The molecule has 1 heterocycles. The van der Waals surface area contributed by atoms with Gasteiger partial charge in [0.05, 0.1) is 11.3 Å². The van der Waals surface area contributed by atoms with Crippen LogP contribution in [0.15, 0.2) is 52.1 Å². The molecule has 0 aliphatic carbocycles. The van der Waals surface area contributed by atoms with E-state index in [9.17, 15) is 13.6 Å². The maximum absolute atomic E-state index is 13.7. The van der Waals surface area contributed by atoms with Crippen LogP contribution in [0.2, 0.25) is 0 Å². The number of halogens is 2. The van der Waals surface area contributed by atoms with Crippen LogP contribution in [0.1, 0.15) is 5.56 Å². The summed E-state index contributed by atoms with van der Waals surface area (Å²) in [6.45, 7) is 1.70. The van der Waals surface area contributed by atoms with Crippen molar-refractivity contribution >= 4 is 23.4 Å². The standard InChI is InChI=1S/C17H13F2N3O2S/c1-10-8-11(18)6-7-14(10)20-15(23)9-25-17-22-21-16(24-17)12-4-2-3-5-13(12)19/h2-8H,9H2,1H3,(H,20,23). The molecule has 1 amide bonds. The Labute approximate surface area is 146 Å². The van der Waals surface area contributed by atoms with Crippen molar-refractivity contribution in [1.29, 1.82) is 0 Å². The second kappa shape index (κ2) is 7.43. The highest BCUT2D eigenvalue weighted by molar-refractivity contribution is 7.99. The second-order valence-electron chi connectivity index (χ2n) is 5.15. The maximum atomic E-state index is 13.7. The molecule has 3 aromatic rings. The van der Waals surface area contributed by atoms with E-state index >= 15 is 0 Å². The first-order valence-electron chi connectivity index (χ1n) is 7.30. The fraction of sp³-hybridized carbons (Fsp3) is 0.118. The van der Waals surface area contributed by atoms with E-state index in [0.717, 1.165) is 11.8 Å². The van der Waals surface area contributed by atoms with Crippen LogP contribution in [0.25, 0.3) is 11.5 Å². The van der Waals surface area contributed by atoms with Gasteiger partial charge in [-0.2, -0.15) is 0 Å². The maximum Gasteiger partial charge on any atom is 0.277 e. The quantitative estimate of drug-likeness (QED) is 0.694. The summed E-state index contributed by atoms with van der Waals surface area (Å²) in [7, 11) is 0. The molecule has 0 aliphatic heterocycles. The lowest BCUT2D eigenvalue weighted by Gasteiger charge is -2.07. The van der Waals surface area contributed by atoms with Crippen LogP contribution in [0.4, 0.5) is 14.5 Å². The van der Waals surface area contributed by atoms with Gasteiger partial charge < -0.3 is 9.73 Å². The molecular formula is C17H13F2N3O2S. The predicted octanol–water partition coefficient (Wildman–Crippen LogP) is 4.05. The van der Waals surface area contributed by atoms with Gasteiger partial charge in [-0.25, -0.2) is 8.78 Å². The zero-order valence-corrected chi connectivity index (χ0v) is 13.9.